The fourth-order valence-corrected chi connectivity index (χ4v) is 5.59. The summed E-state index contributed by atoms with van der Waals surface area (Å²) in [4.78, 5) is 29.3. The summed E-state index contributed by atoms with van der Waals surface area (Å²) in [5, 5.41) is 17.3. The Labute approximate surface area is 244 Å². The fourth-order valence-electron chi connectivity index (χ4n) is 5.59. The number of piperidine rings is 1. The highest BCUT2D eigenvalue weighted by Crippen LogP contribution is 2.39. The van der Waals surface area contributed by atoms with Gasteiger partial charge in [0.2, 0.25) is 5.95 Å². The van der Waals surface area contributed by atoms with Crippen molar-refractivity contribution in [2.75, 3.05) is 11.9 Å². The number of alkyl halides is 3. The molecule has 4 aromatic heterocycles. The van der Waals surface area contributed by atoms with Crippen LogP contribution in [-0.4, -0.2) is 59.8 Å². The van der Waals surface area contributed by atoms with Gasteiger partial charge >= 0.3 is 12.3 Å². The molecule has 5 aromatic rings. The molecule has 43 heavy (non-hydrogen) atoms. The summed E-state index contributed by atoms with van der Waals surface area (Å²) in [5.41, 5.74) is 2.29. The van der Waals surface area contributed by atoms with Crippen LogP contribution in [-0.2, 0) is 12.6 Å². The van der Waals surface area contributed by atoms with Gasteiger partial charge in [-0.25, -0.2) is 19.7 Å². The topological polar surface area (TPSA) is 133 Å². The Balaban J connectivity index is 1.24. The van der Waals surface area contributed by atoms with E-state index in [1.165, 1.54) is 17.4 Å². The maximum Gasteiger partial charge on any atom is 0.419 e. The van der Waals surface area contributed by atoms with Crippen molar-refractivity contribution < 1.29 is 27.6 Å². The number of aromatic nitrogens is 5. The lowest BCUT2D eigenvalue weighted by atomic mass is 9.94. The average Bonchev–Trinajstić information content (AvgIpc) is 3.62. The molecule has 1 fully saturated rings. The molecular weight excluding hydrogens is 563 g/mol. The minimum atomic E-state index is -4.71. The lowest BCUT2D eigenvalue weighted by Crippen LogP contribution is -2.50. The largest absolute Gasteiger partial charge is 0.465 e. The summed E-state index contributed by atoms with van der Waals surface area (Å²) in [6.45, 7) is 1.93. The molecule has 0 spiro atoms. The van der Waals surface area contributed by atoms with Crippen LogP contribution in [0.3, 0.4) is 0 Å². The number of nitrogens with zero attached hydrogens (tertiary/aromatic N) is 5. The molecule has 1 aromatic carbocycles. The van der Waals surface area contributed by atoms with Crippen LogP contribution in [0.4, 0.5) is 23.9 Å². The van der Waals surface area contributed by atoms with Crippen molar-refractivity contribution in [1.29, 1.82) is 0 Å². The van der Waals surface area contributed by atoms with Gasteiger partial charge in [0.25, 0.3) is 0 Å². The normalized spacial score (nSPS) is 17.3. The van der Waals surface area contributed by atoms with Crippen LogP contribution in [0.25, 0.3) is 33.5 Å². The van der Waals surface area contributed by atoms with E-state index in [0.717, 1.165) is 18.2 Å². The third kappa shape index (κ3) is 5.87. The SMILES string of the molecule is Cc1nocc1-c1ccc2c(-c3nc(N[C@H]4CC[C@H](CCc5ccccc5)N(C(=O)O)C4)ncc3C(F)(F)F)c[nH]c2n1. The van der Waals surface area contributed by atoms with Gasteiger partial charge in [-0.3, -0.25) is 0 Å². The first-order chi connectivity index (χ1) is 20.7. The number of benzene rings is 1. The van der Waals surface area contributed by atoms with Crippen LogP contribution in [0.5, 0.6) is 0 Å². The number of aromatic amines is 1. The monoisotopic (exact) mass is 591 g/mol. The lowest BCUT2D eigenvalue weighted by Gasteiger charge is -2.38. The summed E-state index contributed by atoms with van der Waals surface area (Å²) >= 11 is 0. The highest BCUT2D eigenvalue weighted by molar-refractivity contribution is 5.94. The Bertz CT molecular complexity index is 1750. The first kappa shape index (κ1) is 28.2. The lowest BCUT2D eigenvalue weighted by molar-refractivity contribution is -0.137. The number of carboxylic acid groups (broad SMARTS) is 1. The van der Waals surface area contributed by atoms with Crippen molar-refractivity contribution in [2.45, 2.75) is 50.9 Å². The quantitative estimate of drug-likeness (QED) is 0.194. The van der Waals surface area contributed by atoms with E-state index in [1.54, 1.807) is 19.1 Å². The molecule has 222 valence electrons. The number of anilines is 1. The molecule has 0 aliphatic carbocycles. The van der Waals surface area contributed by atoms with E-state index < -0.39 is 17.8 Å². The van der Waals surface area contributed by atoms with E-state index in [0.29, 0.717) is 47.2 Å². The molecule has 2 atom stereocenters. The summed E-state index contributed by atoms with van der Waals surface area (Å²) in [7, 11) is 0. The molecule has 10 nitrogen and oxygen atoms in total. The van der Waals surface area contributed by atoms with E-state index >= 15 is 0 Å². The zero-order valence-electron chi connectivity index (χ0n) is 23.1. The molecule has 0 radical (unpaired) electrons. The Kier molecular flexibility index (Phi) is 7.46. The maximum absolute atomic E-state index is 14.1. The number of rotatable bonds is 7. The van der Waals surface area contributed by atoms with Crippen LogP contribution >= 0.6 is 0 Å². The van der Waals surface area contributed by atoms with Gasteiger partial charge in [-0.2, -0.15) is 13.2 Å². The van der Waals surface area contributed by atoms with E-state index in [1.807, 2.05) is 30.3 Å². The third-order valence-electron chi connectivity index (χ3n) is 7.81. The fraction of sp³-hybridized carbons (Fsp3) is 0.300. The number of fused-ring (bicyclic) bond motifs is 1. The number of H-pyrrole nitrogens is 1. The number of hydrogen-bond donors (Lipinski definition) is 3. The van der Waals surface area contributed by atoms with Gasteiger partial charge in [0.1, 0.15) is 17.5 Å². The standard InChI is InChI=1S/C30H28F3N7O3/c1-17-23(16-43-39-17)25-12-11-21-22(13-34-27(21)37-25)26-24(30(31,32)33)14-35-28(38-26)36-19-8-10-20(40(15-19)29(41)42)9-7-18-5-3-2-4-6-18/h2-6,11-14,16,19-20H,7-10,15H2,1H3,(H,34,37)(H,41,42)(H,35,36,38)/t19-,20-/m0/s1. The summed E-state index contributed by atoms with van der Waals surface area (Å²) < 4.78 is 47.2. The van der Waals surface area contributed by atoms with Crippen molar-refractivity contribution in [2.24, 2.45) is 0 Å². The number of pyridine rings is 1. The number of aryl methyl sites for hydroxylation is 2. The van der Waals surface area contributed by atoms with Gasteiger partial charge in [-0.15, -0.1) is 0 Å². The molecule has 3 N–H and O–H groups in total. The van der Waals surface area contributed by atoms with E-state index in [2.05, 4.69) is 30.4 Å². The molecule has 6 rings (SSSR count). The predicted octanol–water partition coefficient (Wildman–Crippen LogP) is 6.56. The minimum absolute atomic E-state index is 0.0138. The Hall–Kier alpha value is -4.94. The number of hydrogen-bond acceptors (Lipinski definition) is 7. The Morgan fingerprint density at radius 3 is 2.67 bits per heavy atom. The smallest absolute Gasteiger partial charge is 0.419 e. The second-order valence-corrected chi connectivity index (χ2v) is 10.6. The highest BCUT2D eigenvalue weighted by Gasteiger charge is 2.37. The van der Waals surface area contributed by atoms with Gasteiger partial charge in [-0.1, -0.05) is 35.5 Å². The van der Waals surface area contributed by atoms with Crippen LogP contribution in [0.1, 0.15) is 36.1 Å². The molecule has 0 saturated carbocycles. The van der Waals surface area contributed by atoms with Crippen LogP contribution in [0, 0.1) is 6.92 Å². The number of likely N-dealkylation sites (tertiary alicyclic amines) is 1. The molecule has 1 amide bonds. The van der Waals surface area contributed by atoms with Crippen LogP contribution in [0.15, 0.2) is 65.6 Å². The van der Waals surface area contributed by atoms with Gasteiger partial charge in [-0.05, 0) is 50.3 Å². The summed E-state index contributed by atoms with van der Waals surface area (Å²) in [5.74, 6) is -0.0138. The first-order valence-corrected chi connectivity index (χ1v) is 13.8. The zero-order valence-corrected chi connectivity index (χ0v) is 23.1. The van der Waals surface area contributed by atoms with Crippen LogP contribution in [0.2, 0.25) is 0 Å². The molecule has 0 bridgehead atoms. The van der Waals surface area contributed by atoms with E-state index in [4.69, 9.17) is 4.52 Å². The van der Waals surface area contributed by atoms with Crippen molar-refractivity contribution in [3.05, 3.63) is 77.9 Å². The second kappa shape index (κ2) is 11.4. The maximum atomic E-state index is 14.1. The second-order valence-electron chi connectivity index (χ2n) is 10.6. The van der Waals surface area contributed by atoms with Crippen molar-refractivity contribution in [1.82, 2.24) is 30.0 Å². The van der Waals surface area contributed by atoms with E-state index in [-0.39, 0.29) is 35.8 Å². The number of amides is 1. The summed E-state index contributed by atoms with van der Waals surface area (Å²) in [6, 6.07) is 12.7. The highest BCUT2D eigenvalue weighted by atomic mass is 19.4. The number of halogens is 3. The van der Waals surface area contributed by atoms with Crippen molar-refractivity contribution >= 4 is 23.1 Å². The molecule has 1 aliphatic rings. The first-order valence-electron chi connectivity index (χ1n) is 13.8. The van der Waals surface area contributed by atoms with Gasteiger partial charge in [0.05, 0.1) is 22.6 Å². The Morgan fingerprint density at radius 1 is 1.14 bits per heavy atom. The molecular formula is C30H28F3N7O3. The molecule has 1 aliphatic heterocycles. The Morgan fingerprint density at radius 2 is 1.95 bits per heavy atom. The molecule has 13 heteroatoms. The molecule has 0 unspecified atom stereocenters. The molecule has 1 saturated heterocycles. The van der Waals surface area contributed by atoms with Gasteiger partial charge in [0.15, 0.2) is 0 Å². The number of carbonyl (C=O) groups is 1. The third-order valence-corrected chi connectivity index (χ3v) is 7.81. The van der Waals surface area contributed by atoms with Crippen molar-refractivity contribution in [3.8, 4) is 22.5 Å². The molecule has 5 heterocycles. The van der Waals surface area contributed by atoms with Gasteiger partial charge < -0.3 is 24.8 Å². The van der Waals surface area contributed by atoms with Crippen molar-refractivity contribution in [3.63, 3.8) is 0 Å². The predicted molar refractivity (Wildman–Crippen MR) is 152 cm³/mol. The zero-order chi connectivity index (χ0) is 30.1. The number of nitrogens with one attached hydrogen (secondary N) is 2. The van der Waals surface area contributed by atoms with Gasteiger partial charge in [0, 0.05) is 42.0 Å². The minimum Gasteiger partial charge on any atom is -0.465 e. The summed E-state index contributed by atoms with van der Waals surface area (Å²) in [6.07, 6.45) is 0.554. The van der Waals surface area contributed by atoms with Crippen LogP contribution < -0.4 is 5.32 Å². The van der Waals surface area contributed by atoms with E-state index in [9.17, 15) is 23.1 Å². The average molecular weight is 592 g/mol.